The van der Waals surface area contributed by atoms with Gasteiger partial charge in [0.25, 0.3) is 0 Å². The summed E-state index contributed by atoms with van der Waals surface area (Å²) >= 11 is 0. The van der Waals surface area contributed by atoms with E-state index in [1.165, 1.54) is 0 Å². The lowest BCUT2D eigenvalue weighted by Gasteiger charge is -2.07. The zero-order valence-corrected chi connectivity index (χ0v) is 14.3. The fraction of sp³-hybridized carbons (Fsp3) is 0.238. The van der Waals surface area contributed by atoms with Crippen molar-refractivity contribution in [1.82, 2.24) is 4.98 Å². The molecule has 0 aliphatic carbocycles. The molecule has 0 radical (unpaired) electrons. The molecule has 0 aliphatic rings. The van der Waals surface area contributed by atoms with Crippen molar-refractivity contribution in [3.63, 3.8) is 0 Å². The molecule has 3 aromatic rings. The predicted molar refractivity (Wildman–Crippen MR) is 96.7 cm³/mol. The van der Waals surface area contributed by atoms with E-state index in [9.17, 15) is 4.79 Å². The van der Waals surface area contributed by atoms with E-state index in [0.717, 1.165) is 41.0 Å². The number of hydrogen-bond donors (Lipinski definition) is 0. The minimum absolute atomic E-state index is 0.527. The Bertz CT molecular complexity index is 824. The van der Waals surface area contributed by atoms with Crippen molar-refractivity contribution in [2.75, 3.05) is 6.61 Å². The molecule has 2 aromatic carbocycles. The SMILES string of the molecule is Cc1oc(-c2ccccc2)nc1CCOc1cccc(CCC=O)c1. The van der Waals surface area contributed by atoms with E-state index in [1.807, 2.05) is 61.5 Å². The number of carbonyl (C=O) groups excluding carboxylic acids is 1. The lowest BCUT2D eigenvalue weighted by Crippen LogP contribution is -2.03. The maximum atomic E-state index is 10.5. The number of rotatable bonds is 8. The Hall–Kier alpha value is -2.88. The number of hydrogen-bond acceptors (Lipinski definition) is 4. The summed E-state index contributed by atoms with van der Waals surface area (Å²) in [5.41, 5.74) is 2.99. The first-order valence-electron chi connectivity index (χ1n) is 8.43. The average Bonchev–Trinajstić information content (AvgIpc) is 3.02. The molecule has 0 fully saturated rings. The van der Waals surface area contributed by atoms with Crippen LogP contribution in [0.3, 0.4) is 0 Å². The van der Waals surface area contributed by atoms with Crippen LogP contribution >= 0.6 is 0 Å². The predicted octanol–water partition coefficient (Wildman–Crippen LogP) is 4.40. The van der Waals surface area contributed by atoms with E-state index < -0.39 is 0 Å². The quantitative estimate of drug-likeness (QED) is 0.572. The summed E-state index contributed by atoms with van der Waals surface area (Å²) in [6.45, 7) is 2.45. The van der Waals surface area contributed by atoms with E-state index >= 15 is 0 Å². The number of aryl methyl sites for hydroxylation is 2. The summed E-state index contributed by atoms with van der Waals surface area (Å²) in [5.74, 6) is 2.28. The van der Waals surface area contributed by atoms with Gasteiger partial charge in [0.2, 0.25) is 5.89 Å². The average molecular weight is 335 g/mol. The van der Waals surface area contributed by atoms with Crippen LogP contribution in [0.25, 0.3) is 11.5 Å². The third-order valence-corrected chi connectivity index (χ3v) is 3.97. The molecule has 1 aromatic heterocycles. The Morgan fingerprint density at radius 2 is 1.92 bits per heavy atom. The maximum Gasteiger partial charge on any atom is 0.226 e. The molecule has 1 heterocycles. The van der Waals surface area contributed by atoms with Crippen LogP contribution < -0.4 is 4.74 Å². The third kappa shape index (κ3) is 4.57. The highest BCUT2D eigenvalue weighted by Crippen LogP contribution is 2.22. The molecule has 128 valence electrons. The minimum atomic E-state index is 0.527. The Morgan fingerprint density at radius 1 is 1.08 bits per heavy atom. The summed E-state index contributed by atoms with van der Waals surface area (Å²) in [4.78, 5) is 15.1. The molecule has 3 rings (SSSR count). The molecule has 0 N–H and O–H groups in total. The maximum absolute atomic E-state index is 10.5. The second kappa shape index (κ2) is 8.29. The molecule has 0 unspecified atom stereocenters. The summed E-state index contributed by atoms with van der Waals surface area (Å²) in [5, 5.41) is 0. The van der Waals surface area contributed by atoms with Crippen LogP contribution in [0, 0.1) is 6.92 Å². The van der Waals surface area contributed by atoms with Gasteiger partial charge in [0.15, 0.2) is 0 Å². The lowest BCUT2D eigenvalue weighted by atomic mass is 10.1. The van der Waals surface area contributed by atoms with Crippen molar-refractivity contribution in [1.29, 1.82) is 0 Å². The van der Waals surface area contributed by atoms with Gasteiger partial charge >= 0.3 is 0 Å². The number of aldehydes is 1. The Labute approximate surface area is 147 Å². The fourth-order valence-corrected chi connectivity index (χ4v) is 2.65. The molecule has 4 nitrogen and oxygen atoms in total. The summed E-state index contributed by atoms with van der Waals surface area (Å²) in [6.07, 6.45) is 2.89. The number of ether oxygens (including phenoxy) is 1. The smallest absolute Gasteiger partial charge is 0.226 e. The molecular weight excluding hydrogens is 314 g/mol. The van der Waals surface area contributed by atoms with Crippen LogP contribution in [0.5, 0.6) is 5.75 Å². The van der Waals surface area contributed by atoms with E-state index in [4.69, 9.17) is 9.15 Å². The Kier molecular flexibility index (Phi) is 5.62. The van der Waals surface area contributed by atoms with Crippen molar-refractivity contribution in [2.45, 2.75) is 26.2 Å². The summed E-state index contributed by atoms with van der Waals surface area (Å²) < 4.78 is 11.6. The highest BCUT2D eigenvalue weighted by atomic mass is 16.5. The second-order valence-electron chi connectivity index (χ2n) is 5.84. The Balaban J connectivity index is 1.59. The first-order chi connectivity index (χ1) is 12.3. The lowest BCUT2D eigenvalue weighted by molar-refractivity contribution is -0.107. The largest absolute Gasteiger partial charge is 0.493 e. The second-order valence-corrected chi connectivity index (χ2v) is 5.84. The van der Waals surface area contributed by atoms with Gasteiger partial charge in [0.1, 0.15) is 17.8 Å². The van der Waals surface area contributed by atoms with Crippen LogP contribution in [0.1, 0.15) is 23.4 Å². The molecule has 4 heteroatoms. The number of carbonyl (C=O) groups is 1. The molecule has 0 amide bonds. The number of benzene rings is 2. The van der Waals surface area contributed by atoms with E-state index in [-0.39, 0.29) is 0 Å². The fourth-order valence-electron chi connectivity index (χ4n) is 2.65. The van der Waals surface area contributed by atoms with E-state index in [0.29, 0.717) is 25.3 Å². The van der Waals surface area contributed by atoms with Gasteiger partial charge in [-0.05, 0) is 43.2 Å². The van der Waals surface area contributed by atoms with Gasteiger partial charge in [-0.15, -0.1) is 0 Å². The van der Waals surface area contributed by atoms with Crippen molar-refractivity contribution < 1.29 is 13.9 Å². The van der Waals surface area contributed by atoms with Gasteiger partial charge in [0.05, 0.1) is 12.3 Å². The molecule has 0 atom stereocenters. The molecule has 25 heavy (non-hydrogen) atoms. The van der Waals surface area contributed by atoms with Crippen LogP contribution in [0.15, 0.2) is 59.0 Å². The topological polar surface area (TPSA) is 52.3 Å². The van der Waals surface area contributed by atoms with Gasteiger partial charge in [0, 0.05) is 18.4 Å². The van der Waals surface area contributed by atoms with Crippen molar-refractivity contribution in [3.05, 3.63) is 71.6 Å². The van der Waals surface area contributed by atoms with Gasteiger partial charge in [-0.3, -0.25) is 0 Å². The molecule has 0 aliphatic heterocycles. The summed E-state index contributed by atoms with van der Waals surface area (Å²) in [7, 11) is 0. The van der Waals surface area contributed by atoms with Crippen LogP contribution in [0.4, 0.5) is 0 Å². The number of aromatic nitrogens is 1. The summed E-state index contributed by atoms with van der Waals surface area (Å²) in [6, 6.07) is 17.7. The van der Waals surface area contributed by atoms with E-state index in [1.54, 1.807) is 0 Å². The van der Waals surface area contributed by atoms with Crippen molar-refractivity contribution in [3.8, 4) is 17.2 Å². The van der Waals surface area contributed by atoms with Crippen LogP contribution in [0.2, 0.25) is 0 Å². The first-order valence-corrected chi connectivity index (χ1v) is 8.43. The van der Waals surface area contributed by atoms with Crippen molar-refractivity contribution >= 4 is 6.29 Å². The zero-order chi connectivity index (χ0) is 17.5. The monoisotopic (exact) mass is 335 g/mol. The van der Waals surface area contributed by atoms with Crippen molar-refractivity contribution in [2.24, 2.45) is 0 Å². The number of nitrogens with zero attached hydrogens (tertiary/aromatic N) is 1. The van der Waals surface area contributed by atoms with Crippen LogP contribution in [-0.2, 0) is 17.6 Å². The van der Waals surface area contributed by atoms with Gasteiger partial charge < -0.3 is 13.9 Å². The normalized spacial score (nSPS) is 10.6. The highest BCUT2D eigenvalue weighted by Gasteiger charge is 2.11. The number of oxazole rings is 1. The van der Waals surface area contributed by atoms with Gasteiger partial charge in [-0.2, -0.15) is 0 Å². The van der Waals surface area contributed by atoms with Crippen LogP contribution in [-0.4, -0.2) is 17.9 Å². The first kappa shape index (κ1) is 17.0. The molecular formula is C21H21NO3. The van der Waals surface area contributed by atoms with Gasteiger partial charge in [-0.1, -0.05) is 30.3 Å². The minimum Gasteiger partial charge on any atom is -0.493 e. The molecule has 0 spiro atoms. The molecule has 0 saturated carbocycles. The molecule has 0 saturated heterocycles. The molecule has 0 bridgehead atoms. The Morgan fingerprint density at radius 3 is 2.72 bits per heavy atom. The standard InChI is InChI=1S/C21H21NO3/c1-16-20(22-21(25-16)18-9-3-2-4-10-18)12-14-24-19-11-5-7-17(15-19)8-6-13-23/h2-5,7,9-11,13,15H,6,8,12,14H2,1H3. The van der Waals surface area contributed by atoms with E-state index in [2.05, 4.69) is 4.98 Å². The zero-order valence-electron chi connectivity index (χ0n) is 14.3. The highest BCUT2D eigenvalue weighted by molar-refractivity contribution is 5.53. The van der Waals surface area contributed by atoms with Gasteiger partial charge in [-0.25, -0.2) is 4.98 Å². The third-order valence-electron chi connectivity index (χ3n) is 3.97.